The minimum absolute atomic E-state index is 0.124. The lowest BCUT2D eigenvalue weighted by Gasteiger charge is -2.21. The molecule has 1 aromatic heterocycles. The maximum Gasteiger partial charge on any atom is 0.253 e. The van der Waals surface area contributed by atoms with Crippen LogP contribution in [-0.4, -0.2) is 32.3 Å². The number of nitrogens with zero attached hydrogens (tertiary/aromatic N) is 3. The molecule has 192 valence electrons. The zero-order chi connectivity index (χ0) is 26.4. The van der Waals surface area contributed by atoms with Crippen molar-refractivity contribution in [2.45, 2.75) is 51.9 Å². The number of thioether (sulfide) groups is 1. The monoisotopic (exact) mass is 659 g/mol. The topological polar surface area (TPSA) is 88.9 Å². The standard InChI is InChI=1S/C25H28Cl2IN5O2S/c1-5-33-23(21(10-14(2)3)30-24(35)18-8-6-16(26)12-19(18)27)31-32-25(33)36-13-22(34)29-20-9-7-17(28)11-15(20)4/h6-9,11-12,14,21H,5,10,13H2,1-4H3,(H,29,34)(H,30,35)/t21-/m0/s1. The largest absolute Gasteiger partial charge is 0.342 e. The van der Waals surface area contributed by atoms with Crippen LogP contribution in [0.4, 0.5) is 5.69 Å². The smallest absolute Gasteiger partial charge is 0.253 e. The maximum atomic E-state index is 13.0. The summed E-state index contributed by atoms with van der Waals surface area (Å²) in [6.45, 7) is 8.69. The predicted octanol–water partition coefficient (Wildman–Crippen LogP) is 6.77. The van der Waals surface area contributed by atoms with Crippen LogP contribution in [0.2, 0.25) is 10.0 Å². The van der Waals surface area contributed by atoms with Crippen LogP contribution in [0.3, 0.4) is 0 Å². The maximum absolute atomic E-state index is 13.0. The molecule has 0 spiro atoms. The molecule has 1 atom stereocenters. The van der Waals surface area contributed by atoms with Crippen molar-refractivity contribution in [2.24, 2.45) is 5.92 Å². The molecule has 0 aliphatic carbocycles. The van der Waals surface area contributed by atoms with Gasteiger partial charge in [-0.2, -0.15) is 0 Å². The Bertz CT molecular complexity index is 1250. The lowest BCUT2D eigenvalue weighted by Crippen LogP contribution is -2.32. The highest BCUT2D eigenvalue weighted by atomic mass is 127. The summed E-state index contributed by atoms with van der Waals surface area (Å²) in [7, 11) is 0. The SMILES string of the molecule is CCn1c(SCC(=O)Nc2ccc(I)cc2C)nnc1[C@H](CC(C)C)NC(=O)c1ccc(Cl)cc1Cl. The van der Waals surface area contributed by atoms with Gasteiger partial charge in [-0.1, -0.05) is 48.8 Å². The predicted molar refractivity (Wildman–Crippen MR) is 155 cm³/mol. The number of aromatic nitrogens is 3. The molecule has 36 heavy (non-hydrogen) atoms. The van der Waals surface area contributed by atoms with Gasteiger partial charge in [0.1, 0.15) is 0 Å². The van der Waals surface area contributed by atoms with Gasteiger partial charge in [-0.05, 0) is 90.7 Å². The number of halogens is 3. The number of nitrogens with one attached hydrogen (secondary N) is 2. The summed E-state index contributed by atoms with van der Waals surface area (Å²) >= 11 is 15.8. The zero-order valence-corrected chi connectivity index (χ0v) is 24.9. The van der Waals surface area contributed by atoms with Crippen molar-refractivity contribution in [1.82, 2.24) is 20.1 Å². The summed E-state index contributed by atoms with van der Waals surface area (Å²) < 4.78 is 3.05. The molecule has 2 aromatic carbocycles. The summed E-state index contributed by atoms with van der Waals surface area (Å²) in [5.74, 6) is 0.680. The van der Waals surface area contributed by atoms with E-state index in [0.717, 1.165) is 14.8 Å². The van der Waals surface area contributed by atoms with Crippen molar-refractivity contribution in [1.29, 1.82) is 0 Å². The summed E-state index contributed by atoms with van der Waals surface area (Å²) in [4.78, 5) is 25.6. The number of hydrogen-bond donors (Lipinski definition) is 2. The van der Waals surface area contributed by atoms with Crippen molar-refractivity contribution in [3.63, 3.8) is 0 Å². The summed E-state index contributed by atoms with van der Waals surface area (Å²) in [6, 6.07) is 10.3. The van der Waals surface area contributed by atoms with E-state index in [2.05, 4.69) is 57.3 Å². The van der Waals surface area contributed by atoms with Crippen molar-refractivity contribution in [3.8, 4) is 0 Å². The molecule has 0 aliphatic rings. The van der Waals surface area contributed by atoms with Crippen molar-refractivity contribution in [2.75, 3.05) is 11.1 Å². The van der Waals surface area contributed by atoms with E-state index < -0.39 is 0 Å². The molecular weight excluding hydrogens is 632 g/mol. The van der Waals surface area contributed by atoms with Gasteiger partial charge < -0.3 is 15.2 Å². The Morgan fingerprint density at radius 1 is 1.14 bits per heavy atom. The molecule has 0 saturated carbocycles. The number of carbonyl (C=O) groups excluding carboxylic acids is 2. The van der Waals surface area contributed by atoms with Crippen LogP contribution in [-0.2, 0) is 11.3 Å². The molecule has 3 aromatic rings. The van der Waals surface area contributed by atoms with E-state index in [1.807, 2.05) is 36.6 Å². The highest BCUT2D eigenvalue weighted by Gasteiger charge is 2.25. The fourth-order valence-electron chi connectivity index (χ4n) is 3.66. The first-order valence-electron chi connectivity index (χ1n) is 11.5. The molecular formula is C25H28Cl2IN5O2S. The number of amides is 2. The summed E-state index contributed by atoms with van der Waals surface area (Å²) in [5.41, 5.74) is 2.14. The minimum Gasteiger partial charge on any atom is -0.342 e. The van der Waals surface area contributed by atoms with E-state index in [4.69, 9.17) is 23.2 Å². The van der Waals surface area contributed by atoms with E-state index >= 15 is 0 Å². The third kappa shape index (κ3) is 7.60. The van der Waals surface area contributed by atoms with E-state index in [9.17, 15) is 9.59 Å². The van der Waals surface area contributed by atoms with Crippen LogP contribution in [0.5, 0.6) is 0 Å². The third-order valence-electron chi connectivity index (χ3n) is 5.36. The second kappa shape index (κ2) is 13.1. The van der Waals surface area contributed by atoms with Gasteiger partial charge in [0.05, 0.1) is 22.4 Å². The minimum atomic E-state index is -0.380. The highest BCUT2D eigenvalue weighted by molar-refractivity contribution is 14.1. The quantitative estimate of drug-likeness (QED) is 0.185. The fraction of sp³-hybridized carbons (Fsp3) is 0.360. The fourth-order valence-corrected chi connectivity index (χ4v) is 5.61. The van der Waals surface area contributed by atoms with Gasteiger partial charge in [0, 0.05) is 20.8 Å². The van der Waals surface area contributed by atoms with E-state index in [-0.39, 0.29) is 34.5 Å². The van der Waals surface area contributed by atoms with Crippen LogP contribution in [0.1, 0.15) is 55.0 Å². The molecule has 7 nitrogen and oxygen atoms in total. The van der Waals surface area contributed by atoms with Crippen LogP contribution in [0.25, 0.3) is 0 Å². The first-order valence-corrected chi connectivity index (χ1v) is 14.3. The van der Waals surface area contributed by atoms with E-state index in [0.29, 0.717) is 34.5 Å². The molecule has 3 rings (SSSR count). The van der Waals surface area contributed by atoms with Gasteiger partial charge in [0.2, 0.25) is 5.91 Å². The van der Waals surface area contributed by atoms with Crippen LogP contribution in [0.15, 0.2) is 41.6 Å². The van der Waals surface area contributed by atoms with Gasteiger partial charge in [0.25, 0.3) is 5.91 Å². The van der Waals surface area contributed by atoms with Crippen LogP contribution < -0.4 is 10.6 Å². The molecule has 11 heteroatoms. The van der Waals surface area contributed by atoms with E-state index in [1.54, 1.807) is 18.2 Å². The Labute approximate surface area is 239 Å². The second-order valence-electron chi connectivity index (χ2n) is 8.66. The lowest BCUT2D eigenvalue weighted by atomic mass is 10.0. The molecule has 2 N–H and O–H groups in total. The molecule has 0 fully saturated rings. The molecule has 0 aliphatic heterocycles. The normalized spacial score (nSPS) is 12.0. The Balaban J connectivity index is 1.75. The van der Waals surface area contributed by atoms with Gasteiger partial charge >= 0.3 is 0 Å². The number of hydrogen-bond acceptors (Lipinski definition) is 5. The summed E-state index contributed by atoms with van der Waals surface area (Å²) in [5, 5.41) is 16.1. The Morgan fingerprint density at radius 3 is 2.53 bits per heavy atom. The number of rotatable bonds is 10. The lowest BCUT2D eigenvalue weighted by molar-refractivity contribution is -0.113. The van der Waals surface area contributed by atoms with Crippen molar-refractivity contribution >= 4 is 75.1 Å². The zero-order valence-electron chi connectivity index (χ0n) is 20.4. The molecule has 0 unspecified atom stereocenters. The number of benzene rings is 2. The number of carbonyl (C=O) groups is 2. The molecule has 0 saturated heterocycles. The Morgan fingerprint density at radius 2 is 1.89 bits per heavy atom. The Hall–Kier alpha value is -1.82. The van der Waals surface area contributed by atoms with Gasteiger partial charge in [0.15, 0.2) is 11.0 Å². The van der Waals surface area contributed by atoms with Gasteiger partial charge in [-0.15, -0.1) is 10.2 Å². The summed E-state index contributed by atoms with van der Waals surface area (Å²) in [6.07, 6.45) is 0.659. The van der Waals surface area contributed by atoms with Crippen molar-refractivity contribution < 1.29 is 9.59 Å². The average Bonchev–Trinajstić information content (AvgIpc) is 3.21. The first kappa shape index (κ1) is 28.7. The van der Waals surface area contributed by atoms with Crippen LogP contribution in [0, 0.1) is 16.4 Å². The van der Waals surface area contributed by atoms with Crippen LogP contribution >= 0.6 is 57.6 Å². The highest BCUT2D eigenvalue weighted by Crippen LogP contribution is 2.27. The first-order chi connectivity index (χ1) is 17.1. The van der Waals surface area contributed by atoms with E-state index in [1.165, 1.54) is 11.8 Å². The number of aryl methyl sites for hydroxylation is 1. The number of anilines is 1. The third-order valence-corrected chi connectivity index (χ3v) is 7.54. The molecule has 0 radical (unpaired) electrons. The van der Waals surface area contributed by atoms with Gasteiger partial charge in [-0.3, -0.25) is 9.59 Å². The average molecular weight is 660 g/mol. The molecule has 2 amide bonds. The van der Waals surface area contributed by atoms with Crippen molar-refractivity contribution in [3.05, 3.63) is 67.0 Å². The van der Waals surface area contributed by atoms with Gasteiger partial charge in [-0.25, -0.2) is 0 Å². The Kier molecular flexibility index (Phi) is 10.5. The molecule has 1 heterocycles. The molecule has 0 bridgehead atoms. The second-order valence-corrected chi connectivity index (χ2v) is 11.7.